The van der Waals surface area contributed by atoms with Gasteiger partial charge in [0, 0.05) is 61.5 Å². The minimum atomic E-state index is -1.65. The van der Waals surface area contributed by atoms with Gasteiger partial charge in [0.05, 0.1) is 11.7 Å². The highest BCUT2D eigenvalue weighted by atomic mass is 32.2. The molecular weight excluding hydrogens is 1270 g/mol. The number of hydrogen-bond acceptors (Lipinski definition) is 15. The van der Waals surface area contributed by atoms with Crippen molar-refractivity contribution >= 4 is 76.7 Å². The zero-order valence-corrected chi connectivity index (χ0v) is 65.0. The average Bonchev–Trinajstić information content (AvgIpc) is 0.804. The van der Waals surface area contributed by atoms with Crippen LogP contribution in [-0.2, 0) is 52.7 Å². The van der Waals surface area contributed by atoms with E-state index in [1.807, 2.05) is 47.6 Å². The lowest BCUT2D eigenvalue weighted by atomic mass is 9.91. The number of amides is 11. The zero-order valence-electron chi connectivity index (χ0n) is 64.2. The lowest BCUT2D eigenvalue weighted by Crippen LogP contribution is -2.64. The van der Waals surface area contributed by atoms with Gasteiger partial charge < -0.3 is 70.7 Å². The van der Waals surface area contributed by atoms with E-state index in [0.29, 0.717) is 18.6 Å². The quantitative estimate of drug-likeness (QED) is 0.0630. The van der Waals surface area contributed by atoms with Gasteiger partial charge in [-0.15, -0.1) is 0 Å². The molecule has 11 amide bonds. The second kappa shape index (κ2) is 41.2. The molecule has 0 aromatic carbocycles. The van der Waals surface area contributed by atoms with E-state index < -0.39 is 161 Å². The molecule has 2 fully saturated rings. The molecule has 2 aliphatic heterocycles. The molecule has 0 saturated carbocycles. The Labute approximate surface area is 592 Å². The molecule has 2 rings (SSSR count). The molecule has 0 radical (unpaired) electrons. The van der Waals surface area contributed by atoms with Gasteiger partial charge in [-0.1, -0.05) is 102 Å². The molecular formula is C72H130N12O13S. The lowest BCUT2D eigenvalue weighted by molar-refractivity contribution is -0.157. The molecule has 562 valence electrons. The number of rotatable bonds is 22. The molecule has 0 bridgehead atoms. The Kier molecular flexibility index (Phi) is 37.1. The number of piperidine rings is 1. The number of carbonyl (C=O) groups is 11. The number of allylic oxidation sites excluding steroid dienone is 2. The zero-order chi connectivity index (χ0) is 75.1. The van der Waals surface area contributed by atoms with Crippen LogP contribution in [0.3, 0.4) is 0 Å². The summed E-state index contributed by atoms with van der Waals surface area (Å²) >= 11 is 1.44. The van der Waals surface area contributed by atoms with E-state index >= 15 is 33.6 Å². The highest BCUT2D eigenvalue weighted by Gasteiger charge is 2.47. The van der Waals surface area contributed by atoms with Gasteiger partial charge in [0.15, 0.2) is 0 Å². The molecule has 98 heavy (non-hydrogen) atoms. The molecule has 2 saturated heterocycles. The van der Waals surface area contributed by atoms with Crippen LogP contribution >= 0.6 is 11.8 Å². The summed E-state index contributed by atoms with van der Waals surface area (Å²) in [5.74, 6) is -9.24. The third-order valence-electron chi connectivity index (χ3n) is 19.2. The van der Waals surface area contributed by atoms with Crippen molar-refractivity contribution < 1.29 is 63.0 Å². The lowest BCUT2D eigenvalue weighted by Gasteiger charge is -2.41. The molecule has 0 aromatic heterocycles. The van der Waals surface area contributed by atoms with Crippen LogP contribution in [0.25, 0.3) is 0 Å². The first kappa shape index (κ1) is 88.2. The minimum Gasteiger partial charge on any atom is -0.390 e. The molecule has 0 spiro atoms. The Hall–Kier alpha value is -5.86. The maximum Gasteiger partial charge on any atom is 0.246 e. The van der Waals surface area contributed by atoms with E-state index in [4.69, 9.17) is 0 Å². The fraction of sp³-hybridized carbons (Fsp3) is 0.819. The second-order valence-corrected chi connectivity index (χ2v) is 31.5. The first-order chi connectivity index (χ1) is 45.5. The summed E-state index contributed by atoms with van der Waals surface area (Å²) < 4.78 is 0. The minimum absolute atomic E-state index is 0.0175. The van der Waals surface area contributed by atoms with Gasteiger partial charge in [-0.2, -0.15) is 11.8 Å². The number of likely N-dealkylation sites (N-methyl/N-ethyl adjacent to an activating group) is 7. The standard InChI is InChI=1S/C72H130N12O13S/c1-25-27-32-48(13)60(85)59-64(89)75-51(26-2)66(91)81(22)56(42-98-38-31-37-84-35-29-28-30-36-84)69(94)80(21)55(41-72(16,17)97)63(88)76-57(46(9)10)70(95)77(18)52(34-33-43(3)4)62(87)73-49(14)61(86)74-50(15)65(90)78(19)53(39-44(5)6)67(92)79(20)54(40-45(7)8)68(93)82(23)58(47(11)12)71(96)83(59)24/h25,27,43-60,85,97H,26,28-42H2,1-24H3,(H,73,87)(H,74,86)(H,75,89)(H,76,88)/b27-25+/t48-,49-,50+,51-,52-,53+,54-,55+,56-,57-,58-,59+,60-/m1/s1. The number of hydrogen-bond donors (Lipinski definition) is 6. The van der Waals surface area contributed by atoms with Gasteiger partial charge in [0.25, 0.3) is 0 Å². The van der Waals surface area contributed by atoms with Gasteiger partial charge in [-0.3, -0.25) is 52.7 Å². The van der Waals surface area contributed by atoms with E-state index in [1.54, 1.807) is 54.5 Å². The summed E-state index contributed by atoms with van der Waals surface area (Å²) in [7, 11) is 9.97. The predicted molar refractivity (Wildman–Crippen MR) is 386 cm³/mol. The van der Waals surface area contributed by atoms with Crippen LogP contribution in [0.2, 0.25) is 0 Å². The molecule has 6 N–H and O–H groups in total. The number of nitrogens with zero attached hydrogens (tertiary/aromatic N) is 8. The van der Waals surface area contributed by atoms with Crippen LogP contribution in [0.4, 0.5) is 0 Å². The predicted octanol–water partition coefficient (Wildman–Crippen LogP) is 4.75. The Morgan fingerprint density at radius 3 is 1.51 bits per heavy atom. The van der Waals surface area contributed by atoms with Crippen molar-refractivity contribution in [2.75, 3.05) is 80.5 Å². The molecule has 13 atom stereocenters. The van der Waals surface area contributed by atoms with Gasteiger partial charge in [0.2, 0.25) is 65.0 Å². The fourth-order valence-electron chi connectivity index (χ4n) is 12.8. The van der Waals surface area contributed by atoms with E-state index in [9.17, 15) is 29.4 Å². The molecule has 2 aliphatic rings. The second-order valence-electron chi connectivity index (χ2n) is 30.4. The highest BCUT2D eigenvalue weighted by molar-refractivity contribution is 7.99. The van der Waals surface area contributed by atoms with Crippen molar-refractivity contribution in [3.8, 4) is 0 Å². The van der Waals surface area contributed by atoms with Gasteiger partial charge in [-0.05, 0) is 153 Å². The maximum absolute atomic E-state index is 15.5. The summed E-state index contributed by atoms with van der Waals surface area (Å²) in [4.78, 5) is 176. The Balaban J connectivity index is 3.12. The summed E-state index contributed by atoms with van der Waals surface area (Å²) in [6.45, 7) is 32.1. The van der Waals surface area contributed by atoms with Crippen LogP contribution in [0, 0.1) is 35.5 Å². The van der Waals surface area contributed by atoms with Crippen LogP contribution in [0.5, 0.6) is 0 Å². The number of aliphatic hydroxyl groups excluding tert-OH is 1. The van der Waals surface area contributed by atoms with Crippen LogP contribution < -0.4 is 21.3 Å². The Bertz CT molecular complexity index is 2670. The smallest absolute Gasteiger partial charge is 0.246 e. The summed E-state index contributed by atoms with van der Waals surface area (Å²) in [6, 6.07) is -14.3. The Morgan fingerprint density at radius 1 is 0.531 bits per heavy atom. The number of nitrogens with one attached hydrogen (secondary N) is 4. The van der Waals surface area contributed by atoms with E-state index in [-0.39, 0.29) is 55.6 Å². The van der Waals surface area contributed by atoms with Crippen molar-refractivity contribution in [2.24, 2.45) is 35.5 Å². The van der Waals surface area contributed by atoms with Crippen molar-refractivity contribution in [3.63, 3.8) is 0 Å². The first-order valence-corrected chi connectivity index (χ1v) is 37.0. The van der Waals surface area contributed by atoms with Gasteiger partial charge in [-0.25, -0.2) is 0 Å². The monoisotopic (exact) mass is 1400 g/mol. The largest absolute Gasteiger partial charge is 0.390 e. The van der Waals surface area contributed by atoms with Crippen LogP contribution in [-0.4, -0.2) is 273 Å². The molecule has 0 aliphatic carbocycles. The highest BCUT2D eigenvalue weighted by Crippen LogP contribution is 2.27. The van der Waals surface area contributed by atoms with Gasteiger partial charge >= 0.3 is 0 Å². The normalized spacial score (nSPS) is 26.9. The van der Waals surface area contributed by atoms with Crippen molar-refractivity contribution in [3.05, 3.63) is 12.2 Å². The summed E-state index contributed by atoms with van der Waals surface area (Å²) in [6.07, 6.45) is 7.08. The van der Waals surface area contributed by atoms with Crippen molar-refractivity contribution in [2.45, 2.75) is 266 Å². The van der Waals surface area contributed by atoms with Gasteiger partial charge in [0.1, 0.15) is 66.5 Å². The topological polar surface area (TPSA) is 302 Å². The molecule has 0 aromatic rings. The van der Waals surface area contributed by atoms with E-state index in [1.165, 1.54) is 125 Å². The first-order valence-electron chi connectivity index (χ1n) is 35.9. The van der Waals surface area contributed by atoms with Crippen LogP contribution in [0.1, 0.15) is 188 Å². The number of carbonyl (C=O) groups excluding carboxylic acids is 11. The number of thioether (sulfide) groups is 1. The third kappa shape index (κ3) is 25.9. The Morgan fingerprint density at radius 2 is 1.01 bits per heavy atom. The molecule has 2 heterocycles. The van der Waals surface area contributed by atoms with E-state index in [0.717, 1.165) is 43.8 Å². The average molecular weight is 1400 g/mol. The van der Waals surface area contributed by atoms with Crippen molar-refractivity contribution in [1.29, 1.82) is 0 Å². The third-order valence-corrected chi connectivity index (χ3v) is 20.3. The van der Waals surface area contributed by atoms with Crippen molar-refractivity contribution in [1.82, 2.24) is 60.5 Å². The SMILES string of the molecule is C/C=C/C[C@@H](C)[C@@H](O)[C@H]1C(=O)N[C@H](CC)C(=O)N(C)[C@H](CSCCCN2CCCCC2)C(=O)N(C)[C@@H](CC(C)(C)O)C(=O)N[C@H](C(C)C)C(=O)N(C)[C@H](CCC(C)C)C(=O)N[C@H](C)C(=O)N[C@@H](C)C(=O)N(C)[C@@H](CC(C)C)C(=O)N(C)[C@H](CC(C)C)C(=O)N(C)[C@H](C(C)C)C(=O)N1C. The van der Waals surface area contributed by atoms with E-state index in [2.05, 4.69) is 26.2 Å². The summed E-state index contributed by atoms with van der Waals surface area (Å²) in [5.41, 5.74) is -1.58. The molecule has 25 nitrogen and oxygen atoms in total. The molecule has 0 unspecified atom stereocenters. The number of aliphatic hydroxyl groups is 2. The molecule has 26 heteroatoms. The summed E-state index contributed by atoms with van der Waals surface area (Å²) in [5, 5.41) is 35.0. The number of likely N-dealkylation sites (tertiary alicyclic amines) is 1. The van der Waals surface area contributed by atoms with Crippen LogP contribution in [0.15, 0.2) is 12.2 Å². The maximum atomic E-state index is 15.5. The fourth-order valence-corrected chi connectivity index (χ4v) is 13.9.